The molecule has 7 heteroatoms. The number of nitrogens with one attached hydrogen (secondary N) is 2. The largest absolute Gasteiger partial charge is 0.361 e. The van der Waals surface area contributed by atoms with Crippen molar-refractivity contribution in [2.45, 2.75) is 57.8 Å². The Hall–Kier alpha value is -1.92. The SMILES string of the molecule is Cc1cc(N2CCC[C@H](C)C2)nc(NC(=S)NCC2(c3ccc(Cl)cc3)CCCC2)n1. The average molecular weight is 458 g/mol. The van der Waals surface area contributed by atoms with Crippen molar-refractivity contribution in [2.75, 3.05) is 29.9 Å². The van der Waals surface area contributed by atoms with Crippen molar-refractivity contribution in [3.8, 4) is 0 Å². The number of anilines is 2. The quantitative estimate of drug-likeness (QED) is 0.580. The lowest BCUT2D eigenvalue weighted by molar-refractivity contribution is 0.435. The summed E-state index contributed by atoms with van der Waals surface area (Å²) in [4.78, 5) is 11.7. The third-order valence-corrected chi connectivity index (χ3v) is 7.15. The van der Waals surface area contributed by atoms with Gasteiger partial charge in [0.2, 0.25) is 5.95 Å². The molecule has 2 heterocycles. The molecule has 166 valence electrons. The van der Waals surface area contributed by atoms with Gasteiger partial charge in [-0.3, -0.25) is 0 Å². The molecule has 1 aliphatic heterocycles. The summed E-state index contributed by atoms with van der Waals surface area (Å²) in [6.45, 7) is 7.20. The number of nitrogens with zero attached hydrogens (tertiary/aromatic N) is 3. The summed E-state index contributed by atoms with van der Waals surface area (Å²) in [7, 11) is 0. The number of hydrogen-bond acceptors (Lipinski definition) is 4. The van der Waals surface area contributed by atoms with Gasteiger partial charge in [0.15, 0.2) is 5.11 Å². The minimum absolute atomic E-state index is 0.0961. The highest BCUT2D eigenvalue weighted by atomic mass is 35.5. The number of benzene rings is 1. The van der Waals surface area contributed by atoms with Crippen molar-refractivity contribution < 1.29 is 0 Å². The van der Waals surface area contributed by atoms with Gasteiger partial charge in [0, 0.05) is 41.8 Å². The lowest BCUT2D eigenvalue weighted by Gasteiger charge is -2.32. The van der Waals surface area contributed by atoms with Crippen LogP contribution < -0.4 is 15.5 Å². The van der Waals surface area contributed by atoms with Crippen LogP contribution in [0.1, 0.15) is 56.7 Å². The molecule has 2 aromatic rings. The van der Waals surface area contributed by atoms with Gasteiger partial charge in [-0.15, -0.1) is 0 Å². The van der Waals surface area contributed by atoms with E-state index in [2.05, 4.69) is 45.6 Å². The van der Waals surface area contributed by atoms with Crippen LogP contribution in [-0.4, -0.2) is 34.7 Å². The molecule has 0 bridgehead atoms. The van der Waals surface area contributed by atoms with Crippen molar-refractivity contribution in [1.82, 2.24) is 15.3 Å². The molecule has 1 atom stereocenters. The number of rotatable bonds is 5. The van der Waals surface area contributed by atoms with Gasteiger partial charge < -0.3 is 15.5 Å². The van der Waals surface area contributed by atoms with E-state index in [1.807, 2.05) is 19.1 Å². The Morgan fingerprint density at radius 1 is 1.19 bits per heavy atom. The fraction of sp³-hybridized carbons (Fsp3) is 0.542. The predicted molar refractivity (Wildman–Crippen MR) is 133 cm³/mol. The highest BCUT2D eigenvalue weighted by molar-refractivity contribution is 7.80. The monoisotopic (exact) mass is 457 g/mol. The van der Waals surface area contributed by atoms with E-state index < -0.39 is 0 Å². The first-order valence-corrected chi connectivity index (χ1v) is 12.1. The Bertz CT molecular complexity index is 911. The van der Waals surface area contributed by atoms with Crippen LogP contribution in [0.4, 0.5) is 11.8 Å². The normalized spacial score (nSPS) is 20.5. The van der Waals surface area contributed by atoms with Gasteiger partial charge in [0.25, 0.3) is 0 Å². The van der Waals surface area contributed by atoms with Crippen molar-refractivity contribution in [1.29, 1.82) is 0 Å². The maximum absolute atomic E-state index is 6.11. The van der Waals surface area contributed by atoms with E-state index in [-0.39, 0.29) is 5.41 Å². The molecule has 1 aromatic heterocycles. The van der Waals surface area contributed by atoms with Crippen LogP contribution >= 0.6 is 23.8 Å². The molecule has 1 saturated carbocycles. The standard InChI is InChI=1S/C24H32ClN5S/c1-17-6-5-13-30(15-17)21-14-18(2)27-22(28-21)29-23(31)26-16-24(11-3-4-12-24)19-7-9-20(25)10-8-19/h7-10,14,17H,3-6,11-13,15-16H2,1-2H3,(H2,26,27,28,29,31)/t17-/m0/s1. The molecule has 0 amide bonds. The Morgan fingerprint density at radius 2 is 1.94 bits per heavy atom. The Kier molecular flexibility index (Phi) is 6.97. The Labute approximate surface area is 196 Å². The molecule has 1 saturated heterocycles. The number of halogens is 1. The second-order valence-electron chi connectivity index (χ2n) is 9.19. The number of aryl methyl sites for hydroxylation is 1. The summed E-state index contributed by atoms with van der Waals surface area (Å²) in [5.41, 5.74) is 2.37. The molecule has 0 unspecified atom stereocenters. The molecule has 1 aromatic carbocycles. The van der Waals surface area contributed by atoms with Crippen LogP contribution in [0.15, 0.2) is 30.3 Å². The zero-order valence-corrected chi connectivity index (χ0v) is 20.0. The second kappa shape index (κ2) is 9.70. The maximum Gasteiger partial charge on any atom is 0.231 e. The van der Waals surface area contributed by atoms with E-state index in [0.717, 1.165) is 49.0 Å². The van der Waals surface area contributed by atoms with E-state index in [1.54, 1.807) is 0 Å². The molecule has 2 fully saturated rings. The highest BCUT2D eigenvalue weighted by Crippen LogP contribution is 2.41. The highest BCUT2D eigenvalue weighted by Gasteiger charge is 2.35. The maximum atomic E-state index is 6.11. The van der Waals surface area contributed by atoms with E-state index in [0.29, 0.717) is 17.0 Å². The zero-order valence-electron chi connectivity index (χ0n) is 18.5. The minimum atomic E-state index is 0.0961. The first-order chi connectivity index (χ1) is 14.9. The molecule has 31 heavy (non-hydrogen) atoms. The van der Waals surface area contributed by atoms with Crippen LogP contribution in [0, 0.1) is 12.8 Å². The predicted octanol–water partition coefficient (Wildman–Crippen LogP) is 5.47. The van der Waals surface area contributed by atoms with Crippen molar-refractivity contribution in [2.24, 2.45) is 5.92 Å². The molecule has 2 N–H and O–H groups in total. The van der Waals surface area contributed by atoms with Gasteiger partial charge in [0.05, 0.1) is 0 Å². The van der Waals surface area contributed by atoms with Crippen LogP contribution in [0.25, 0.3) is 0 Å². The average Bonchev–Trinajstić information content (AvgIpc) is 3.22. The summed E-state index contributed by atoms with van der Waals surface area (Å²) in [5.74, 6) is 2.24. The number of aromatic nitrogens is 2. The van der Waals surface area contributed by atoms with Gasteiger partial charge in [-0.05, 0) is 68.4 Å². The van der Waals surface area contributed by atoms with Gasteiger partial charge in [0.1, 0.15) is 5.82 Å². The fourth-order valence-corrected chi connectivity index (χ4v) is 5.27. The fourth-order valence-electron chi connectivity index (χ4n) is 4.99. The Balaban J connectivity index is 1.42. The Morgan fingerprint density at radius 3 is 2.65 bits per heavy atom. The first kappa shape index (κ1) is 22.3. The molecule has 5 nitrogen and oxygen atoms in total. The van der Waals surface area contributed by atoms with Gasteiger partial charge in [-0.25, -0.2) is 4.98 Å². The van der Waals surface area contributed by atoms with Crippen LogP contribution in [-0.2, 0) is 5.41 Å². The third-order valence-electron chi connectivity index (χ3n) is 6.65. The summed E-state index contributed by atoms with van der Waals surface area (Å²) in [5, 5.41) is 8.02. The molecule has 1 aliphatic carbocycles. The molecule has 2 aliphatic rings. The van der Waals surface area contributed by atoms with Gasteiger partial charge in [-0.1, -0.05) is 43.5 Å². The van der Waals surface area contributed by atoms with Crippen LogP contribution in [0.2, 0.25) is 5.02 Å². The second-order valence-corrected chi connectivity index (χ2v) is 10.0. The van der Waals surface area contributed by atoms with Gasteiger partial charge >= 0.3 is 0 Å². The van der Waals surface area contributed by atoms with Gasteiger partial charge in [-0.2, -0.15) is 4.98 Å². The van der Waals surface area contributed by atoms with Crippen molar-refractivity contribution in [3.05, 3.63) is 46.6 Å². The van der Waals surface area contributed by atoms with Crippen molar-refractivity contribution >= 4 is 40.7 Å². The van der Waals surface area contributed by atoms with E-state index in [4.69, 9.17) is 28.8 Å². The minimum Gasteiger partial charge on any atom is -0.361 e. The number of thiocarbonyl (C=S) groups is 1. The molecule has 0 spiro atoms. The smallest absolute Gasteiger partial charge is 0.231 e. The number of piperidine rings is 1. The van der Waals surface area contributed by atoms with Crippen LogP contribution in [0.3, 0.4) is 0 Å². The summed E-state index contributed by atoms with van der Waals surface area (Å²) in [6, 6.07) is 10.3. The summed E-state index contributed by atoms with van der Waals surface area (Å²) < 4.78 is 0. The van der Waals surface area contributed by atoms with E-state index >= 15 is 0 Å². The topological polar surface area (TPSA) is 53.1 Å². The van der Waals surface area contributed by atoms with Crippen molar-refractivity contribution in [3.63, 3.8) is 0 Å². The first-order valence-electron chi connectivity index (χ1n) is 11.4. The summed E-state index contributed by atoms with van der Waals surface area (Å²) >= 11 is 11.7. The lowest BCUT2D eigenvalue weighted by atomic mass is 9.79. The van der Waals surface area contributed by atoms with E-state index in [9.17, 15) is 0 Å². The molecule has 0 radical (unpaired) electrons. The number of hydrogen-bond donors (Lipinski definition) is 2. The lowest BCUT2D eigenvalue weighted by Crippen LogP contribution is -2.41. The summed E-state index contributed by atoms with van der Waals surface area (Å²) in [6.07, 6.45) is 7.28. The van der Waals surface area contributed by atoms with E-state index in [1.165, 1.54) is 31.2 Å². The molecular formula is C24H32ClN5S. The molecule has 4 rings (SSSR count). The third kappa shape index (κ3) is 5.47. The zero-order chi connectivity index (χ0) is 21.8. The molecular weight excluding hydrogens is 426 g/mol. The van der Waals surface area contributed by atoms with Crippen LogP contribution in [0.5, 0.6) is 0 Å².